The van der Waals surface area contributed by atoms with Crippen LogP contribution in [-0.2, 0) is 35.6 Å². The van der Waals surface area contributed by atoms with Crippen molar-refractivity contribution in [1.29, 1.82) is 0 Å². The number of imidazole rings is 1. The molecule has 3 aliphatic rings. The highest BCUT2D eigenvalue weighted by molar-refractivity contribution is 6.32. The number of piperidine rings is 1. The Labute approximate surface area is 244 Å². The second-order valence-corrected chi connectivity index (χ2v) is 11.3. The molecule has 9 heteroatoms. The van der Waals surface area contributed by atoms with Crippen LogP contribution >= 0.6 is 11.6 Å². The molecule has 0 aliphatic carbocycles. The summed E-state index contributed by atoms with van der Waals surface area (Å²) in [6.45, 7) is 5.69. The Balaban J connectivity index is 1.21. The zero-order valence-electron chi connectivity index (χ0n) is 23.1. The van der Waals surface area contributed by atoms with E-state index in [0.29, 0.717) is 27.4 Å². The van der Waals surface area contributed by atoms with Gasteiger partial charge in [0.05, 0.1) is 24.7 Å². The van der Waals surface area contributed by atoms with Crippen molar-refractivity contribution in [1.82, 2.24) is 19.4 Å². The van der Waals surface area contributed by atoms with Crippen molar-refractivity contribution < 1.29 is 19.4 Å². The van der Waals surface area contributed by atoms with Crippen LogP contribution in [0.5, 0.6) is 0 Å². The Hall–Kier alpha value is -3.64. The Morgan fingerprint density at radius 2 is 1.90 bits per heavy atom. The van der Waals surface area contributed by atoms with Gasteiger partial charge in [0.1, 0.15) is 0 Å². The second kappa shape index (κ2) is 11.7. The number of carbonyl (C=O) groups excluding carboxylic acids is 2. The molecule has 2 aromatic carbocycles. The average Bonchev–Trinajstić information content (AvgIpc) is 3.67. The Kier molecular flexibility index (Phi) is 7.85. The van der Waals surface area contributed by atoms with Gasteiger partial charge in [0.15, 0.2) is 6.04 Å². The first-order valence-corrected chi connectivity index (χ1v) is 14.6. The summed E-state index contributed by atoms with van der Waals surface area (Å²) in [7, 11) is 0. The molecule has 1 fully saturated rings. The Bertz CT molecular complexity index is 1530. The molecule has 6 rings (SSSR count). The van der Waals surface area contributed by atoms with Gasteiger partial charge in [-0.3, -0.25) is 9.69 Å². The molecule has 0 bridgehead atoms. The van der Waals surface area contributed by atoms with Crippen LogP contribution in [0.3, 0.4) is 0 Å². The normalized spacial score (nSPS) is 17.6. The monoisotopic (exact) mass is 572 g/mol. The van der Waals surface area contributed by atoms with Crippen molar-refractivity contribution in [2.75, 3.05) is 19.7 Å². The maximum Gasteiger partial charge on any atom is 0.335 e. The molecule has 0 radical (unpaired) electrons. The van der Waals surface area contributed by atoms with Crippen LogP contribution in [0.4, 0.5) is 0 Å². The zero-order chi connectivity index (χ0) is 28.5. The minimum atomic E-state index is -0.927. The van der Waals surface area contributed by atoms with E-state index in [1.54, 1.807) is 25.4 Å². The van der Waals surface area contributed by atoms with Gasteiger partial charge in [0, 0.05) is 65.7 Å². The van der Waals surface area contributed by atoms with E-state index in [1.807, 2.05) is 16.7 Å². The quantitative estimate of drug-likeness (QED) is 0.353. The largest absolute Gasteiger partial charge is 0.464 e. The number of benzene rings is 2. The van der Waals surface area contributed by atoms with Crippen LogP contribution < -0.4 is 0 Å². The molecular weight excluding hydrogens is 540 g/mol. The molecule has 212 valence electrons. The number of hydrogen-bond acceptors (Lipinski definition) is 6. The Morgan fingerprint density at radius 3 is 2.66 bits per heavy atom. The van der Waals surface area contributed by atoms with E-state index < -0.39 is 12.0 Å². The van der Waals surface area contributed by atoms with Crippen LogP contribution in [0.25, 0.3) is 0 Å². The third-order valence-electron chi connectivity index (χ3n) is 8.16. The number of halogens is 1. The maximum atomic E-state index is 13.7. The lowest BCUT2D eigenvalue weighted by Crippen LogP contribution is -2.36. The van der Waals surface area contributed by atoms with E-state index >= 15 is 0 Å². The highest BCUT2D eigenvalue weighted by Crippen LogP contribution is 2.37. The highest BCUT2D eigenvalue weighted by Gasteiger charge is 2.42. The molecule has 1 saturated heterocycles. The molecular formula is C32H33ClN4O4. The predicted molar refractivity (Wildman–Crippen MR) is 154 cm³/mol. The summed E-state index contributed by atoms with van der Waals surface area (Å²) in [5.74, 6) is 5.57. The van der Waals surface area contributed by atoms with Crippen LogP contribution in [0, 0.1) is 11.8 Å². The number of likely N-dealkylation sites (tertiary alicyclic amines) is 1. The summed E-state index contributed by atoms with van der Waals surface area (Å²) in [6, 6.07) is 10.8. The molecule has 1 unspecified atom stereocenters. The van der Waals surface area contributed by atoms with E-state index in [0.717, 1.165) is 63.1 Å². The number of ether oxygens (including phenoxy) is 1. The fourth-order valence-electron chi connectivity index (χ4n) is 5.98. The van der Waals surface area contributed by atoms with Gasteiger partial charge in [-0.25, -0.2) is 9.78 Å². The maximum absolute atomic E-state index is 13.7. The predicted octanol–water partition coefficient (Wildman–Crippen LogP) is 4.10. The van der Waals surface area contributed by atoms with Gasteiger partial charge in [-0.05, 0) is 62.4 Å². The average molecular weight is 573 g/mol. The van der Waals surface area contributed by atoms with E-state index in [1.165, 1.54) is 10.5 Å². The number of hydrogen-bond donors (Lipinski definition) is 1. The zero-order valence-corrected chi connectivity index (χ0v) is 23.9. The SMILES string of the molecule is CCOC(=O)C(c1ncn2c1CCC2)N1Cc2c(Cl)cc(C#Cc3ccc(CN4CCC(O)CC4)cc3)cc2C1=O. The summed E-state index contributed by atoms with van der Waals surface area (Å²) in [6.07, 6.45) is 5.00. The molecule has 1 amide bonds. The Morgan fingerprint density at radius 1 is 1.15 bits per heavy atom. The minimum Gasteiger partial charge on any atom is -0.464 e. The fourth-order valence-corrected chi connectivity index (χ4v) is 6.26. The summed E-state index contributed by atoms with van der Waals surface area (Å²) in [4.78, 5) is 35.3. The number of aryl methyl sites for hydroxylation is 1. The first kappa shape index (κ1) is 27.5. The number of nitrogens with zero attached hydrogens (tertiary/aromatic N) is 4. The third kappa shape index (κ3) is 5.62. The van der Waals surface area contributed by atoms with Gasteiger partial charge in [-0.2, -0.15) is 0 Å². The number of aromatic nitrogens is 2. The molecule has 41 heavy (non-hydrogen) atoms. The lowest BCUT2D eigenvalue weighted by atomic mass is 10.0. The first-order chi connectivity index (χ1) is 19.9. The summed E-state index contributed by atoms with van der Waals surface area (Å²) in [5.41, 5.74) is 5.40. The van der Waals surface area contributed by atoms with Crippen molar-refractivity contribution in [2.45, 2.75) is 64.4 Å². The van der Waals surface area contributed by atoms with Crippen molar-refractivity contribution >= 4 is 23.5 Å². The van der Waals surface area contributed by atoms with Crippen LogP contribution in [0.2, 0.25) is 5.02 Å². The van der Waals surface area contributed by atoms with Crippen LogP contribution in [0.1, 0.15) is 76.2 Å². The minimum absolute atomic E-state index is 0.175. The highest BCUT2D eigenvalue weighted by atomic mass is 35.5. The molecule has 8 nitrogen and oxygen atoms in total. The van der Waals surface area contributed by atoms with Crippen molar-refractivity contribution in [3.63, 3.8) is 0 Å². The van der Waals surface area contributed by atoms with Gasteiger partial charge in [0.2, 0.25) is 0 Å². The number of aliphatic hydroxyl groups excluding tert-OH is 1. The van der Waals surface area contributed by atoms with Crippen molar-refractivity contribution in [2.24, 2.45) is 0 Å². The van der Waals surface area contributed by atoms with Crippen molar-refractivity contribution in [3.8, 4) is 11.8 Å². The van der Waals surface area contributed by atoms with Gasteiger partial charge in [-0.1, -0.05) is 35.6 Å². The van der Waals surface area contributed by atoms with Crippen LogP contribution in [-0.4, -0.2) is 62.1 Å². The molecule has 3 aliphatic heterocycles. The lowest BCUT2D eigenvalue weighted by molar-refractivity contribution is -0.149. The number of aliphatic hydroxyl groups is 1. The lowest BCUT2D eigenvalue weighted by Gasteiger charge is -2.29. The summed E-state index contributed by atoms with van der Waals surface area (Å²) in [5, 5.41) is 10.2. The van der Waals surface area contributed by atoms with Gasteiger partial charge in [-0.15, -0.1) is 0 Å². The topological polar surface area (TPSA) is 87.9 Å². The molecule has 1 aromatic heterocycles. The van der Waals surface area contributed by atoms with E-state index in [9.17, 15) is 14.7 Å². The van der Waals surface area contributed by atoms with Gasteiger partial charge < -0.3 is 19.3 Å². The molecule has 1 atom stereocenters. The van der Waals surface area contributed by atoms with Crippen molar-refractivity contribution in [3.05, 3.63) is 87.0 Å². The van der Waals surface area contributed by atoms with E-state index in [2.05, 4.69) is 33.9 Å². The second-order valence-electron chi connectivity index (χ2n) is 10.9. The van der Waals surface area contributed by atoms with Gasteiger partial charge >= 0.3 is 5.97 Å². The molecule has 0 saturated carbocycles. The fraction of sp³-hybridized carbons (Fsp3) is 0.406. The third-order valence-corrected chi connectivity index (χ3v) is 8.49. The standard InChI is InChI=1S/C32H33ClN4O4/c1-2-41-32(40)30(29-28-4-3-13-36(28)20-34-29)37-19-26-25(31(37)39)16-23(17-27(26)33)10-7-21-5-8-22(9-6-21)18-35-14-11-24(38)12-15-35/h5-6,8-9,16-17,20,24,30,38H,2-4,11-15,18-19H2,1H3. The first-order valence-electron chi connectivity index (χ1n) is 14.3. The smallest absolute Gasteiger partial charge is 0.335 e. The molecule has 0 spiro atoms. The van der Waals surface area contributed by atoms with E-state index in [4.69, 9.17) is 16.3 Å². The number of esters is 1. The molecule has 4 heterocycles. The number of carbonyl (C=O) groups is 2. The number of rotatable bonds is 6. The van der Waals surface area contributed by atoms with Crippen LogP contribution in [0.15, 0.2) is 42.7 Å². The molecule has 3 aromatic rings. The molecule has 1 N–H and O–H groups in total. The summed E-state index contributed by atoms with van der Waals surface area (Å²) < 4.78 is 7.44. The number of amides is 1. The van der Waals surface area contributed by atoms with Gasteiger partial charge in [0.25, 0.3) is 5.91 Å². The number of fused-ring (bicyclic) bond motifs is 2. The van der Waals surface area contributed by atoms with E-state index in [-0.39, 0.29) is 25.2 Å². The summed E-state index contributed by atoms with van der Waals surface area (Å²) >= 11 is 6.67.